The fourth-order valence-electron chi connectivity index (χ4n) is 3.27. The summed E-state index contributed by atoms with van der Waals surface area (Å²) in [7, 11) is -4.24. The molecule has 4 nitrogen and oxygen atoms in total. The second kappa shape index (κ2) is 8.00. The normalized spacial score (nSPS) is 17.1. The minimum absolute atomic E-state index is 0.372. The molecule has 0 atom stereocenters. The molecule has 1 N–H and O–H groups in total. The van der Waals surface area contributed by atoms with Crippen molar-refractivity contribution in [2.24, 2.45) is 0 Å². The third-order valence-corrected chi connectivity index (χ3v) is 6.22. The zero-order chi connectivity index (χ0) is 19.5. The Kier molecular flexibility index (Phi) is 5.88. The predicted molar refractivity (Wildman–Crippen MR) is 96.5 cm³/mol. The van der Waals surface area contributed by atoms with Crippen molar-refractivity contribution in [3.63, 3.8) is 0 Å². The first-order valence-electron chi connectivity index (χ1n) is 8.70. The van der Waals surface area contributed by atoms with Crippen LogP contribution in [-0.4, -0.2) is 32.4 Å². The number of benzene rings is 2. The van der Waals surface area contributed by atoms with Crippen LogP contribution in [0.15, 0.2) is 59.5 Å². The smallest absolute Gasteiger partial charge is 0.299 e. The van der Waals surface area contributed by atoms with E-state index in [0.29, 0.717) is 25.9 Å². The van der Waals surface area contributed by atoms with Crippen LogP contribution in [0.4, 0.5) is 13.2 Å². The molecular formula is C19H21F3N2O2S. The molecule has 2 aromatic carbocycles. The predicted octanol–water partition coefficient (Wildman–Crippen LogP) is 3.65. The molecule has 1 saturated heterocycles. The van der Waals surface area contributed by atoms with Gasteiger partial charge in [0, 0.05) is 25.7 Å². The van der Waals surface area contributed by atoms with E-state index in [1.54, 1.807) is 0 Å². The molecule has 2 aromatic rings. The maximum atomic E-state index is 13.1. The Morgan fingerprint density at radius 1 is 0.963 bits per heavy atom. The van der Waals surface area contributed by atoms with Crippen LogP contribution >= 0.6 is 0 Å². The molecule has 8 heteroatoms. The lowest BCUT2D eigenvalue weighted by atomic mass is 10.1. The first-order chi connectivity index (χ1) is 12.8. The summed E-state index contributed by atoms with van der Waals surface area (Å²) in [6.45, 7) is 2.14. The maximum absolute atomic E-state index is 13.1. The molecule has 1 aliphatic heterocycles. The van der Waals surface area contributed by atoms with Gasteiger partial charge < -0.3 is 0 Å². The summed E-state index contributed by atoms with van der Waals surface area (Å²) < 4.78 is 66.8. The van der Waals surface area contributed by atoms with Gasteiger partial charge in [-0.05, 0) is 30.5 Å². The van der Waals surface area contributed by atoms with Crippen molar-refractivity contribution in [2.75, 3.05) is 13.1 Å². The van der Waals surface area contributed by atoms with Crippen molar-refractivity contribution >= 4 is 10.0 Å². The summed E-state index contributed by atoms with van der Waals surface area (Å²) in [5.41, 5.74) is 0.0367. The molecule has 0 aromatic heterocycles. The first-order valence-corrected chi connectivity index (χ1v) is 10.2. The number of nitrogens with zero attached hydrogens (tertiary/aromatic N) is 1. The SMILES string of the molecule is O=S(=O)(NC1CCN(Cc2ccccc2)CC1)c1ccccc1C(F)(F)F. The van der Waals surface area contributed by atoms with E-state index in [1.165, 1.54) is 17.7 Å². The Balaban J connectivity index is 1.63. The number of nitrogens with one attached hydrogen (secondary N) is 1. The second-order valence-electron chi connectivity index (χ2n) is 6.65. The summed E-state index contributed by atoms with van der Waals surface area (Å²) in [6, 6.07) is 13.8. The lowest BCUT2D eigenvalue weighted by molar-refractivity contribution is -0.139. The van der Waals surface area contributed by atoms with E-state index < -0.39 is 26.7 Å². The first kappa shape index (κ1) is 19.9. The zero-order valence-electron chi connectivity index (χ0n) is 14.6. The van der Waals surface area contributed by atoms with Crippen LogP contribution in [0.25, 0.3) is 0 Å². The van der Waals surface area contributed by atoms with Gasteiger partial charge in [0.05, 0.1) is 10.5 Å². The van der Waals surface area contributed by atoms with Gasteiger partial charge in [0.2, 0.25) is 10.0 Å². The number of rotatable bonds is 5. The molecular weight excluding hydrogens is 377 g/mol. The third kappa shape index (κ3) is 5.09. The van der Waals surface area contributed by atoms with Crippen LogP contribution in [-0.2, 0) is 22.7 Å². The quantitative estimate of drug-likeness (QED) is 0.837. The Morgan fingerprint density at radius 2 is 1.56 bits per heavy atom. The van der Waals surface area contributed by atoms with Crippen molar-refractivity contribution < 1.29 is 21.6 Å². The average molecular weight is 398 g/mol. The highest BCUT2D eigenvalue weighted by Crippen LogP contribution is 2.34. The van der Waals surface area contributed by atoms with Crippen LogP contribution in [0.2, 0.25) is 0 Å². The minimum Gasteiger partial charge on any atom is -0.299 e. The van der Waals surface area contributed by atoms with Crippen LogP contribution in [0, 0.1) is 0 Å². The molecule has 1 heterocycles. The van der Waals surface area contributed by atoms with E-state index >= 15 is 0 Å². The van der Waals surface area contributed by atoms with E-state index in [9.17, 15) is 21.6 Å². The molecule has 3 rings (SSSR count). The largest absolute Gasteiger partial charge is 0.417 e. The minimum atomic E-state index is -4.72. The molecule has 0 saturated carbocycles. The molecule has 0 bridgehead atoms. The van der Waals surface area contributed by atoms with E-state index in [0.717, 1.165) is 18.7 Å². The van der Waals surface area contributed by atoms with Gasteiger partial charge in [-0.15, -0.1) is 0 Å². The standard InChI is InChI=1S/C19H21F3N2O2S/c20-19(21,22)17-8-4-5-9-18(17)27(25,26)23-16-10-12-24(13-11-16)14-15-6-2-1-3-7-15/h1-9,16,23H,10-14H2. The summed E-state index contributed by atoms with van der Waals surface area (Å²) in [4.78, 5) is 1.49. The summed E-state index contributed by atoms with van der Waals surface area (Å²) >= 11 is 0. The van der Waals surface area contributed by atoms with Gasteiger partial charge in [-0.25, -0.2) is 13.1 Å². The number of hydrogen-bond donors (Lipinski definition) is 1. The second-order valence-corrected chi connectivity index (χ2v) is 8.33. The van der Waals surface area contributed by atoms with Crippen LogP contribution in [0.3, 0.4) is 0 Å². The average Bonchev–Trinajstić information content (AvgIpc) is 2.63. The van der Waals surface area contributed by atoms with E-state index in [1.807, 2.05) is 30.3 Å². The van der Waals surface area contributed by atoms with Gasteiger partial charge in [0.15, 0.2) is 0 Å². The molecule has 1 aliphatic rings. The number of hydrogen-bond acceptors (Lipinski definition) is 3. The highest BCUT2D eigenvalue weighted by molar-refractivity contribution is 7.89. The van der Waals surface area contributed by atoms with Gasteiger partial charge in [-0.1, -0.05) is 42.5 Å². The van der Waals surface area contributed by atoms with E-state index in [4.69, 9.17) is 0 Å². The number of likely N-dealkylation sites (tertiary alicyclic amines) is 1. The Labute approximate surface area is 157 Å². The Hall–Kier alpha value is -1.90. The van der Waals surface area contributed by atoms with Crippen LogP contribution in [0.1, 0.15) is 24.0 Å². The number of alkyl halides is 3. The van der Waals surface area contributed by atoms with Crippen molar-refractivity contribution in [2.45, 2.75) is 36.5 Å². The van der Waals surface area contributed by atoms with Gasteiger partial charge in [-0.2, -0.15) is 13.2 Å². The van der Waals surface area contributed by atoms with Crippen molar-refractivity contribution in [1.82, 2.24) is 9.62 Å². The molecule has 0 spiro atoms. The molecule has 1 fully saturated rings. The zero-order valence-corrected chi connectivity index (χ0v) is 15.4. The fourth-order valence-corrected chi connectivity index (χ4v) is 4.80. The Morgan fingerprint density at radius 3 is 2.19 bits per heavy atom. The highest BCUT2D eigenvalue weighted by Gasteiger charge is 2.37. The van der Waals surface area contributed by atoms with Crippen LogP contribution in [0.5, 0.6) is 0 Å². The number of sulfonamides is 1. The lowest BCUT2D eigenvalue weighted by Gasteiger charge is -2.32. The molecule has 27 heavy (non-hydrogen) atoms. The van der Waals surface area contributed by atoms with E-state index in [2.05, 4.69) is 9.62 Å². The number of halogens is 3. The van der Waals surface area contributed by atoms with Gasteiger partial charge in [0.25, 0.3) is 0 Å². The molecule has 0 unspecified atom stereocenters. The monoisotopic (exact) mass is 398 g/mol. The molecule has 0 amide bonds. The fraction of sp³-hybridized carbons (Fsp3) is 0.368. The summed E-state index contributed by atoms with van der Waals surface area (Å²) in [5, 5.41) is 0. The molecule has 0 radical (unpaired) electrons. The maximum Gasteiger partial charge on any atom is 0.417 e. The lowest BCUT2D eigenvalue weighted by Crippen LogP contribution is -2.44. The number of piperidine rings is 1. The van der Waals surface area contributed by atoms with Gasteiger partial charge in [0.1, 0.15) is 0 Å². The van der Waals surface area contributed by atoms with Crippen LogP contribution < -0.4 is 4.72 Å². The van der Waals surface area contributed by atoms with Gasteiger partial charge in [-0.3, -0.25) is 4.90 Å². The molecule has 0 aliphatic carbocycles. The molecule has 146 valence electrons. The Bertz CT molecular complexity index is 862. The van der Waals surface area contributed by atoms with E-state index in [-0.39, 0.29) is 6.04 Å². The highest BCUT2D eigenvalue weighted by atomic mass is 32.2. The summed E-state index contributed by atoms with van der Waals surface area (Å²) in [6.07, 6.45) is -3.61. The topological polar surface area (TPSA) is 49.4 Å². The van der Waals surface area contributed by atoms with Gasteiger partial charge >= 0.3 is 6.18 Å². The van der Waals surface area contributed by atoms with Crippen molar-refractivity contribution in [3.05, 3.63) is 65.7 Å². The summed E-state index contributed by atoms with van der Waals surface area (Å²) in [5.74, 6) is 0. The van der Waals surface area contributed by atoms with Crippen molar-refractivity contribution in [1.29, 1.82) is 0 Å². The third-order valence-electron chi connectivity index (χ3n) is 4.64. The van der Waals surface area contributed by atoms with Crippen molar-refractivity contribution in [3.8, 4) is 0 Å².